The second-order valence-corrected chi connectivity index (χ2v) is 7.88. The van der Waals surface area contributed by atoms with Gasteiger partial charge in [-0.3, -0.25) is 4.79 Å². The fraction of sp³-hybridized carbons (Fsp3) is 0.381. The van der Waals surface area contributed by atoms with Gasteiger partial charge in [-0.05, 0) is 24.8 Å². The summed E-state index contributed by atoms with van der Waals surface area (Å²) in [7, 11) is 0. The smallest absolute Gasteiger partial charge is 0.231 e. The number of aryl methyl sites for hydroxylation is 1. The third-order valence-corrected chi connectivity index (χ3v) is 6.05. The summed E-state index contributed by atoms with van der Waals surface area (Å²) in [5.41, 5.74) is 3.22. The first kappa shape index (κ1) is 17.9. The summed E-state index contributed by atoms with van der Waals surface area (Å²) in [6.07, 6.45) is 7.81. The Kier molecular flexibility index (Phi) is 5.34. The Morgan fingerprint density at radius 1 is 1.22 bits per heavy atom. The van der Waals surface area contributed by atoms with E-state index in [0.717, 1.165) is 41.3 Å². The second kappa shape index (κ2) is 8.05. The van der Waals surface area contributed by atoms with E-state index in [1.54, 1.807) is 17.5 Å². The van der Waals surface area contributed by atoms with Crippen LogP contribution in [0.3, 0.4) is 0 Å². The molecule has 1 N–H and O–H groups in total. The van der Waals surface area contributed by atoms with E-state index in [-0.39, 0.29) is 12.3 Å². The van der Waals surface area contributed by atoms with Crippen LogP contribution in [0, 0.1) is 0 Å². The molecule has 0 spiro atoms. The van der Waals surface area contributed by atoms with Gasteiger partial charge >= 0.3 is 0 Å². The molecule has 1 aliphatic carbocycles. The average molecular weight is 381 g/mol. The average Bonchev–Trinajstić information content (AvgIpc) is 3.43. The van der Waals surface area contributed by atoms with E-state index in [4.69, 9.17) is 0 Å². The summed E-state index contributed by atoms with van der Waals surface area (Å²) < 4.78 is 1.96. The summed E-state index contributed by atoms with van der Waals surface area (Å²) >= 11 is 1.58. The summed E-state index contributed by atoms with van der Waals surface area (Å²) in [5.74, 6) is 0.741. The number of carbonyl (C=O) groups excluding carboxylic acids is 1. The van der Waals surface area contributed by atoms with Crippen molar-refractivity contribution in [2.45, 2.75) is 51.5 Å². The maximum absolute atomic E-state index is 12.5. The third-order valence-electron chi connectivity index (χ3n) is 5.11. The molecule has 4 rings (SSSR count). The molecule has 1 fully saturated rings. The number of anilines is 1. The molecular weight excluding hydrogens is 356 g/mol. The van der Waals surface area contributed by atoms with Gasteiger partial charge in [0.15, 0.2) is 0 Å². The van der Waals surface area contributed by atoms with Crippen molar-refractivity contribution >= 4 is 23.1 Å². The van der Waals surface area contributed by atoms with Crippen LogP contribution < -0.4 is 5.32 Å². The van der Waals surface area contributed by atoms with Gasteiger partial charge in [-0.1, -0.05) is 44.0 Å². The number of carbonyl (C=O) groups is 1. The van der Waals surface area contributed by atoms with Crippen molar-refractivity contribution < 1.29 is 4.79 Å². The molecule has 0 saturated heterocycles. The normalized spacial score (nSPS) is 14.6. The first-order valence-corrected chi connectivity index (χ1v) is 10.5. The highest BCUT2D eigenvalue weighted by Crippen LogP contribution is 2.31. The molecule has 1 amide bonds. The summed E-state index contributed by atoms with van der Waals surface area (Å²) in [6.45, 7) is 2.15. The maximum atomic E-state index is 12.5. The van der Waals surface area contributed by atoms with Crippen LogP contribution in [-0.4, -0.2) is 20.7 Å². The van der Waals surface area contributed by atoms with Crippen LogP contribution in [0.25, 0.3) is 10.6 Å². The Hall–Kier alpha value is -2.47. The molecule has 0 radical (unpaired) electrons. The molecule has 0 bridgehead atoms. The molecule has 1 aliphatic rings. The fourth-order valence-electron chi connectivity index (χ4n) is 3.61. The second-order valence-electron chi connectivity index (χ2n) is 7.02. The maximum Gasteiger partial charge on any atom is 0.231 e. The SMILES string of the molecule is CCc1ccc(-c2nc(CC(=O)Nc3ccnn3C3CCCC3)cs2)cc1. The zero-order valence-corrected chi connectivity index (χ0v) is 16.3. The topological polar surface area (TPSA) is 59.8 Å². The van der Waals surface area contributed by atoms with E-state index in [1.807, 2.05) is 16.1 Å². The van der Waals surface area contributed by atoms with Crippen molar-refractivity contribution in [2.75, 3.05) is 5.32 Å². The Balaban J connectivity index is 1.40. The lowest BCUT2D eigenvalue weighted by Gasteiger charge is -2.14. The number of nitrogens with one attached hydrogen (secondary N) is 1. The standard InChI is InChI=1S/C21H24N4OS/c1-2-15-7-9-16(10-8-15)21-23-17(14-27-21)13-20(26)24-19-11-12-22-25(19)18-5-3-4-6-18/h7-12,14,18H,2-6,13H2,1H3,(H,24,26). The van der Waals surface area contributed by atoms with Crippen molar-refractivity contribution in [2.24, 2.45) is 0 Å². The van der Waals surface area contributed by atoms with Crippen LogP contribution in [0.1, 0.15) is 49.9 Å². The van der Waals surface area contributed by atoms with Gasteiger partial charge in [0.1, 0.15) is 10.8 Å². The highest BCUT2D eigenvalue weighted by atomic mass is 32.1. The minimum atomic E-state index is -0.0482. The quantitative estimate of drug-likeness (QED) is 0.664. The number of hydrogen-bond donors (Lipinski definition) is 1. The fourth-order valence-corrected chi connectivity index (χ4v) is 4.43. The molecule has 140 valence electrons. The molecule has 6 heteroatoms. The zero-order valence-electron chi connectivity index (χ0n) is 15.5. The van der Waals surface area contributed by atoms with E-state index in [2.05, 4.69) is 46.6 Å². The van der Waals surface area contributed by atoms with Crippen LogP contribution in [0.5, 0.6) is 0 Å². The third kappa shape index (κ3) is 4.11. The predicted octanol–water partition coefficient (Wildman–Crippen LogP) is 4.87. The number of hydrogen-bond acceptors (Lipinski definition) is 4. The van der Waals surface area contributed by atoms with Crippen LogP contribution in [0.15, 0.2) is 41.9 Å². The van der Waals surface area contributed by atoms with Crippen molar-refractivity contribution in [1.82, 2.24) is 14.8 Å². The highest BCUT2D eigenvalue weighted by Gasteiger charge is 2.20. The zero-order chi connectivity index (χ0) is 18.6. The molecule has 3 aromatic rings. The number of aromatic nitrogens is 3. The van der Waals surface area contributed by atoms with Gasteiger partial charge in [-0.15, -0.1) is 11.3 Å². The summed E-state index contributed by atoms with van der Waals surface area (Å²) in [5, 5.41) is 10.3. The van der Waals surface area contributed by atoms with Gasteiger partial charge in [0, 0.05) is 17.0 Å². The molecule has 2 aromatic heterocycles. The Labute approximate surface area is 163 Å². The molecule has 5 nitrogen and oxygen atoms in total. The van der Waals surface area contributed by atoms with Gasteiger partial charge in [-0.2, -0.15) is 5.10 Å². The largest absolute Gasteiger partial charge is 0.311 e. The van der Waals surface area contributed by atoms with Gasteiger partial charge in [-0.25, -0.2) is 9.67 Å². The summed E-state index contributed by atoms with van der Waals surface area (Å²) in [4.78, 5) is 17.1. The highest BCUT2D eigenvalue weighted by molar-refractivity contribution is 7.13. The van der Waals surface area contributed by atoms with Gasteiger partial charge in [0.25, 0.3) is 0 Å². The van der Waals surface area contributed by atoms with Crippen LogP contribution in [0.2, 0.25) is 0 Å². The number of amides is 1. The van der Waals surface area contributed by atoms with Gasteiger partial charge < -0.3 is 5.32 Å². The molecule has 27 heavy (non-hydrogen) atoms. The molecule has 0 aliphatic heterocycles. The summed E-state index contributed by atoms with van der Waals surface area (Å²) in [6, 6.07) is 10.7. The van der Waals surface area contributed by atoms with E-state index < -0.39 is 0 Å². The van der Waals surface area contributed by atoms with Crippen molar-refractivity contribution in [3.63, 3.8) is 0 Å². The van der Waals surface area contributed by atoms with E-state index in [9.17, 15) is 4.79 Å². The number of rotatable bonds is 6. The number of thiazole rings is 1. The van der Waals surface area contributed by atoms with E-state index in [0.29, 0.717) is 6.04 Å². The van der Waals surface area contributed by atoms with Gasteiger partial charge in [0.05, 0.1) is 24.4 Å². The van der Waals surface area contributed by atoms with Crippen molar-refractivity contribution in [3.8, 4) is 10.6 Å². The lowest BCUT2D eigenvalue weighted by atomic mass is 10.1. The minimum Gasteiger partial charge on any atom is -0.311 e. The van der Waals surface area contributed by atoms with Crippen LogP contribution >= 0.6 is 11.3 Å². The predicted molar refractivity (Wildman–Crippen MR) is 109 cm³/mol. The molecule has 2 heterocycles. The molecule has 0 atom stereocenters. The lowest BCUT2D eigenvalue weighted by Crippen LogP contribution is -2.19. The lowest BCUT2D eigenvalue weighted by molar-refractivity contribution is -0.115. The van der Waals surface area contributed by atoms with Crippen LogP contribution in [0.4, 0.5) is 5.82 Å². The monoisotopic (exact) mass is 380 g/mol. The van der Waals surface area contributed by atoms with Crippen LogP contribution in [-0.2, 0) is 17.6 Å². The molecule has 1 saturated carbocycles. The van der Waals surface area contributed by atoms with E-state index >= 15 is 0 Å². The van der Waals surface area contributed by atoms with Crippen molar-refractivity contribution in [1.29, 1.82) is 0 Å². The minimum absolute atomic E-state index is 0.0482. The Bertz CT molecular complexity index is 906. The van der Waals surface area contributed by atoms with E-state index in [1.165, 1.54) is 18.4 Å². The first-order valence-electron chi connectivity index (χ1n) is 9.60. The Morgan fingerprint density at radius 2 is 2.00 bits per heavy atom. The molecular formula is C21H24N4OS. The number of nitrogens with zero attached hydrogens (tertiary/aromatic N) is 3. The molecule has 0 unspecified atom stereocenters. The molecule has 1 aromatic carbocycles. The Morgan fingerprint density at radius 3 is 2.74 bits per heavy atom. The van der Waals surface area contributed by atoms with Crippen molar-refractivity contribution in [3.05, 3.63) is 53.2 Å². The first-order chi connectivity index (χ1) is 13.2. The number of benzene rings is 1. The van der Waals surface area contributed by atoms with Gasteiger partial charge in [0.2, 0.25) is 5.91 Å².